The number of nitrogens with one attached hydrogen (secondary N) is 1. The summed E-state index contributed by atoms with van der Waals surface area (Å²) >= 11 is 0. The quantitative estimate of drug-likeness (QED) is 0.375. The number of morpholine rings is 2. The Labute approximate surface area is 181 Å². The Bertz CT molecular complexity index is 625. The highest BCUT2D eigenvalue weighted by Crippen LogP contribution is 2.59. The van der Waals surface area contributed by atoms with Crippen LogP contribution in [0.15, 0.2) is 0 Å². The van der Waals surface area contributed by atoms with E-state index in [2.05, 4.69) is 5.32 Å². The Kier molecular flexibility index (Phi) is 8.84. The standard InChI is InChI=1S/C18H36B2N3O6P/c1-13(24)22-5-3-16(4-6-22)30(25,27-12-14-7-21-8-17(19)28-14)23-9-15(11-26-2)29-18(20)10-23/h14-18,21H,3-12,19-20H2,1-2H3. The van der Waals surface area contributed by atoms with E-state index in [1.54, 1.807) is 14.0 Å². The number of rotatable bonds is 7. The van der Waals surface area contributed by atoms with Crippen molar-refractivity contribution >= 4 is 29.1 Å². The van der Waals surface area contributed by atoms with Crippen molar-refractivity contribution in [3.63, 3.8) is 0 Å². The van der Waals surface area contributed by atoms with Gasteiger partial charge in [0.15, 0.2) is 0 Å². The summed E-state index contributed by atoms with van der Waals surface area (Å²) in [5, 5.41) is 3.34. The number of methoxy groups -OCH3 is 1. The average Bonchev–Trinajstić information content (AvgIpc) is 2.72. The van der Waals surface area contributed by atoms with Crippen LogP contribution in [0.25, 0.3) is 0 Å². The Balaban J connectivity index is 1.73. The number of hydrogen-bond acceptors (Lipinski definition) is 7. The van der Waals surface area contributed by atoms with E-state index in [1.165, 1.54) is 0 Å². The zero-order chi connectivity index (χ0) is 21.7. The molecular weight excluding hydrogens is 407 g/mol. The molecule has 9 nitrogen and oxygen atoms in total. The highest BCUT2D eigenvalue weighted by Gasteiger charge is 2.45. The molecule has 1 amide bonds. The molecule has 3 fully saturated rings. The number of nitrogens with zero attached hydrogens (tertiary/aromatic N) is 2. The SMILES string of the molecule is BC1CNCC(COP(=O)(C2CCN(C(C)=O)CC2)N2CC(B)OC(COC)C2)O1. The summed E-state index contributed by atoms with van der Waals surface area (Å²) in [6.45, 7) is 6.16. The molecule has 0 spiro atoms. The molecular formula is C18H36B2N3O6P. The molecule has 5 atom stereocenters. The van der Waals surface area contributed by atoms with Crippen molar-refractivity contribution in [3.05, 3.63) is 0 Å². The predicted molar refractivity (Wildman–Crippen MR) is 120 cm³/mol. The molecule has 170 valence electrons. The summed E-state index contributed by atoms with van der Waals surface area (Å²) in [7, 11) is 2.50. The number of amides is 1. The summed E-state index contributed by atoms with van der Waals surface area (Å²) in [6, 6.07) is 0.0563. The van der Waals surface area contributed by atoms with Crippen LogP contribution in [-0.2, 0) is 28.1 Å². The van der Waals surface area contributed by atoms with Crippen molar-refractivity contribution in [1.29, 1.82) is 0 Å². The fourth-order valence-corrected chi connectivity index (χ4v) is 7.58. The van der Waals surface area contributed by atoms with Crippen LogP contribution in [0.2, 0.25) is 0 Å². The molecule has 0 aromatic heterocycles. The molecule has 0 aromatic carbocycles. The van der Waals surface area contributed by atoms with Gasteiger partial charge in [-0.15, -0.1) is 0 Å². The molecule has 0 saturated carbocycles. The molecule has 3 heterocycles. The third-order valence-corrected chi connectivity index (χ3v) is 9.17. The summed E-state index contributed by atoms with van der Waals surface area (Å²) in [5.41, 5.74) is -0.101. The molecule has 30 heavy (non-hydrogen) atoms. The van der Waals surface area contributed by atoms with Gasteiger partial charge in [0, 0.05) is 65.3 Å². The van der Waals surface area contributed by atoms with E-state index in [1.807, 2.05) is 25.3 Å². The molecule has 0 radical (unpaired) electrons. The number of hydrogen-bond donors (Lipinski definition) is 1. The number of piperidine rings is 1. The van der Waals surface area contributed by atoms with Gasteiger partial charge in [0.2, 0.25) is 5.91 Å². The van der Waals surface area contributed by atoms with Crippen LogP contribution in [0.4, 0.5) is 0 Å². The second kappa shape index (κ2) is 10.9. The topological polar surface area (TPSA) is 89.6 Å². The Hall–Kier alpha value is -0.410. The second-order valence-electron chi connectivity index (χ2n) is 8.72. The molecule has 3 rings (SSSR count). The largest absolute Gasteiger partial charge is 0.382 e. The number of likely N-dealkylation sites (tertiary alicyclic amines) is 1. The normalized spacial score (nSPS) is 33.9. The average molecular weight is 443 g/mol. The first-order valence-electron chi connectivity index (χ1n) is 11.1. The fraction of sp³-hybridized carbons (Fsp3) is 0.944. The van der Waals surface area contributed by atoms with Gasteiger partial charge >= 0.3 is 0 Å². The van der Waals surface area contributed by atoms with Crippen LogP contribution in [0.5, 0.6) is 0 Å². The van der Waals surface area contributed by atoms with E-state index in [0.717, 1.165) is 6.54 Å². The van der Waals surface area contributed by atoms with Crippen molar-refractivity contribution in [2.75, 3.05) is 59.6 Å². The molecule has 5 unspecified atom stereocenters. The zero-order valence-corrected chi connectivity index (χ0v) is 19.6. The zero-order valence-electron chi connectivity index (χ0n) is 18.7. The van der Waals surface area contributed by atoms with Crippen LogP contribution < -0.4 is 5.32 Å². The predicted octanol–water partition coefficient (Wildman–Crippen LogP) is -1.54. The van der Waals surface area contributed by atoms with Gasteiger partial charge in [-0.1, -0.05) is 0 Å². The maximum atomic E-state index is 14.4. The van der Waals surface area contributed by atoms with Gasteiger partial charge in [-0.05, 0) is 12.8 Å². The lowest BCUT2D eigenvalue weighted by molar-refractivity contribution is -0.129. The summed E-state index contributed by atoms with van der Waals surface area (Å²) in [4.78, 5) is 13.6. The molecule has 12 heteroatoms. The fourth-order valence-electron chi connectivity index (χ4n) is 4.61. The molecule has 3 saturated heterocycles. The molecule has 3 aliphatic heterocycles. The third kappa shape index (κ3) is 6.09. The maximum absolute atomic E-state index is 14.4. The lowest BCUT2D eigenvalue weighted by atomic mass is 9.98. The first kappa shape index (κ1) is 24.2. The van der Waals surface area contributed by atoms with Crippen LogP contribution in [0.3, 0.4) is 0 Å². The molecule has 1 N–H and O–H groups in total. The smallest absolute Gasteiger partial charge is 0.275 e. The van der Waals surface area contributed by atoms with Crippen molar-refractivity contribution in [2.24, 2.45) is 0 Å². The van der Waals surface area contributed by atoms with E-state index in [4.69, 9.17) is 18.7 Å². The van der Waals surface area contributed by atoms with Gasteiger partial charge in [0.1, 0.15) is 15.7 Å². The Morgan fingerprint density at radius 1 is 1.10 bits per heavy atom. The monoisotopic (exact) mass is 443 g/mol. The number of carbonyl (C=O) groups is 1. The van der Waals surface area contributed by atoms with E-state index < -0.39 is 7.52 Å². The van der Waals surface area contributed by atoms with Crippen molar-refractivity contribution in [1.82, 2.24) is 14.9 Å². The van der Waals surface area contributed by atoms with Crippen molar-refractivity contribution in [2.45, 2.75) is 49.6 Å². The summed E-state index contributed by atoms with van der Waals surface area (Å²) < 4.78 is 39.9. The Morgan fingerprint density at radius 3 is 2.43 bits per heavy atom. The van der Waals surface area contributed by atoms with Gasteiger partial charge in [-0.2, -0.15) is 0 Å². The minimum absolute atomic E-state index is 0.0549. The summed E-state index contributed by atoms with van der Waals surface area (Å²) in [6.07, 6.45) is 1.10. The van der Waals surface area contributed by atoms with Crippen LogP contribution >= 0.6 is 7.52 Å². The number of carbonyl (C=O) groups excluding carboxylic acids is 1. The van der Waals surface area contributed by atoms with E-state index in [0.29, 0.717) is 58.8 Å². The minimum atomic E-state index is -3.16. The first-order valence-corrected chi connectivity index (χ1v) is 12.7. The lowest BCUT2D eigenvalue weighted by Crippen LogP contribution is -2.51. The van der Waals surface area contributed by atoms with Gasteiger partial charge in [0.25, 0.3) is 7.52 Å². The van der Waals surface area contributed by atoms with E-state index in [9.17, 15) is 9.36 Å². The van der Waals surface area contributed by atoms with Crippen LogP contribution in [0, 0.1) is 0 Å². The highest BCUT2D eigenvalue weighted by atomic mass is 31.2. The van der Waals surface area contributed by atoms with Gasteiger partial charge in [-0.25, -0.2) is 4.67 Å². The molecule has 0 bridgehead atoms. The molecule has 0 aliphatic carbocycles. The summed E-state index contributed by atoms with van der Waals surface area (Å²) in [5.74, 6) is 0.0695. The maximum Gasteiger partial charge on any atom is 0.275 e. The van der Waals surface area contributed by atoms with E-state index in [-0.39, 0.29) is 35.8 Å². The highest BCUT2D eigenvalue weighted by molar-refractivity contribution is 7.57. The van der Waals surface area contributed by atoms with Crippen LogP contribution in [0.1, 0.15) is 19.8 Å². The van der Waals surface area contributed by atoms with Gasteiger partial charge in [-0.3, -0.25) is 9.36 Å². The third-order valence-electron chi connectivity index (χ3n) is 6.10. The minimum Gasteiger partial charge on any atom is -0.382 e. The van der Waals surface area contributed by atoms with Gasteiger partial charge in [0.05, 0.1) is 31.1 Å². The first-order chi connectivity index (χ1) is 14.3. The molecule has 3 aliphatic rings. The van der Waals surface area contributed by atoms with Crippen LogP contribution in [-0.4, -0.2) is 121 Å². The Morgan fingerprint density at radius 2 is 1.80 bits per heavy atom. The molecule has 0 aromatic rings. The van der Waals surface area contributed by atoms with Crippen molar-refractivity contribution < 1.29 is 28.1 Å². The lowest BCUT2D eigenvalue weighted by Gasteiger charge is -2.45. The van der Waals surface area contributed by atoms with E-state index >= 15 is 0 Å². The van der Waals surface area contributed by atoms with Crippen molar-refractivity contribution in [3.8, 4) is 0 Å². The second-order valence-corrected chi connectivity index (χ2v) is 11.4. The number of ether oxygens (including phenoxy) is 3. The van der Waals surface area contributed by atoms with Gasteiger partial charge < -0.3 is 29.0 Å².